The van der Waals surface area contributed by atoms with Gasteiger partial charge in [0.05, 0.1) is 23.5 Å². The Kier molecular flexibility index (Phi) is 7.33. The summed E-state index contributed by atoms with van der Waals surface area (Å²) in [5.74, 6) is 0.960. The molecular weight excluding hydrogens is 489 g/mol. The summed E-state index contributed by atoms with van der Waals surface area (Å²) in [5, 5.41) is 0. The van der Waals surface area contributed by atoms with E-state index in [0.29, 0.717) is 6.54 Å². The van der Waals surface area contributed by atoms with Crippen LogP contribution in [0.5, 0.6) is 0 Å². The lowest BCUT2D eigenvalue weighted by atomic mass is 9.96. The summed E-state index contributed by atoms with van der Waals surface area (Å²) < 4.78 is 15.8. The van der Waals surface area contributed by atoms with E-state index in [2.05, 4.69) is 56.5 Å². The van der Waals surface area contributed by atoms with E-state index < -0.39 is 0 Å². The number of aryl methyl sites for hydroxylation is 1. The summed E-state index contributed by atoms with van der Waals surface area (Å²) in [4.78, 5) is 25.3. The Morgan fingerprint density at radius 3 is 2.36 bits per heavy atom. The molecule has 0 N–H and O–H groups in total. The number of amides is 1. The normalized spacial score (nSPS) is 18.6. The van der Waals surface area contributed by atoms with Crippen LogP contribution in [0.25, 0.3) is 16.7 Å². The van der Waals surface area contributed by atoms with Gasteiger partial charge < -0.3 is 9.80 Å². The molecule has 0 saturated carbocycles. The molecular formula is C32H36FN5O. The van der Waals surface area contributed by atoms with Crippen molar-refractivity contribution in [1.29, 1.82) is 0 Å². The summed E-state index contributed by atoms with van der Waals surface area (Å²) in [6.45, 7) is 7.79. The second-order valence-corrected chi connectivity index (χ2v) is 10.7. The standard InChI is InChI=1S/C32H36FN5O/c1-2-24-9-13-27(14-10-24)36-18-20-37(21-19-36)32(39)25-6-5-17-35(22-25)23-31-34-29-7-3-4-8-30(29)38(31)28-15-11-26(33)12-16-28/h3-4,7-16,25H,2,5-6,17-23H2,1H3/t25-/m1/s1. The Morgan fingerprint density at radius 1 is 0.897 bits per heavy atom. The molecule has 1 amide bonds. The molecule has 2 aliphatic heterocycles. The number of likely N-dealkylation sites (tertiary alicyclic amines) is 1. The van der Waals surface area contributed by atoms with Crippen molar-refractivity contribution in [3.8, 4) is 5.69 Å². The number of imidazole rings is 1. The van der Waals surface area contributed by atoms with Gasteiger partial charge >= 0.3 is 0 Å². The summed E-state index contributed by atoms with van der Waals surface area (Å²) >= 11 is 0. The molecule has 7 heteroatoms. The average Bonchev–Trinajstić information content (AvgIpc) is 3.35. The maximum absolute atomic E-state index is 13.7. The zero-order valence-corrected chi connectivity index (χ0v) is 22.6. The highest BCUT2D eigenvalue weighted by atomic mass is 19.1. The van der Waals surface area contributed by atoms with E-state index >= 15 is 0 Å². The van der Waals surface area contributed by atoms with Gasteiger partial charge in [-0.25, -0.2) is 9.37 Å². The fraction of sp³-hybridized carbons (Fsp3) is 0.375. The van der Waals surface area contributed by atoms with Gasteiger partial charge in [0.2, 0.25) is 5.91 Å². The zero-order chi connectivity index (χ0) is 26.8. The molecule has 3 aromatic carbocycles. The van der Waals surface area contributed by atoms with Crippen LogP contribution in [0.4, 0.5) is 10.1 Å². The van der Waals surface area contributed by atoms with Crippen LogP contribution in [0, 0.1) is 11.7 Å². The SMILES string of the molecule is CCc1ccc(N2CCN(C(=O)[C@@H]3CCCN(Cc4nc5ccccc5n4-c4ccc(F)cc4)C3)CC2)cc1. The number of aromatic nitrogens is 2. The second kappa shape index (κ2) is 11.2. The highest BCUT2D eigenvalue weighted by Gasteiger charge is 2.31. The smallest absolute Gasteiger partial charge is 0.227 e. The third-order valence-electron chi connectivity index (χ3n) is 8.24. The van der Waals surface area contributed by atoms with Crippen LogP contribution in [-0.2, 0) is 17.8 Å². The van der Waals surface area contributed by atoms with Crippen molar-refractivity contribution in [1.82, 2.24) is 19.4 Å². The first kappa shape index (κ1) is 25.6. The van der Waals surface area contributed by atoms with Crippen molar-refractivity contribution < 1.29 is 9.18 Å². The molecule has 0 spiro atoms. The summed E-state index contributed by atoms with van der Waals surface area (Å²) in [5.41, 5.74) is 5.41. The Bertz CT molecular complexity index is 1420. The van der Waals surface area contributed by atoms with Crippen LogP contribution < -0.4 is 4.90 Å². The van der Waals surface area contributed by atoms with E-state index in [-0.39, 0.29) is 17.6 Å². The first-order valence-corrected chi connectivity index (χ1v) is 14.2. The van der Waals surface area contributed by atoms with Crippen LogP contribution >= 0.6 is 0 Å². The second-order valence-electron chi connectivity index (χ2n) is 10.7. The van der Waals surface area contributed by atoms with Gasteiger partial charge in [-0.15, -0.1) is 0 Å². The minimum absolute atomic E-state index is 0.0118. The van der Waals surface area contributed by atoms with Crippen LogP contribution in [0.15, 0.2) is 72.8 Å². The molecule has 202 valence electrons. The van der Waals surface area contributed by atoms with Crippen molar-refractivity contribution in [2.24, 2.45) is 5.92 Å². The van der Waals surface area contributed by atoms with Crippen molar-refractivity contribution in [2.75, 3.05) is 44.2 Å². The average molecular weight is 526 g/mol. The molecule has 0 aliphatic carbocycles. The topological polar surface area (TPSA) is 44.6 Å². The van der Waals surface area contributed by atoms with Crippen molar-refractivity contribution in [2.45, 2.75) is 32.7 Å². The van der Waals surface area contributed by atoms with E-state index in [1.165, 1.54) is 23.4 Å². The van der Waals surface area contributed by atoms with E-state index in [9.17, 15) is 9.18 Å². The lowest BCUT2D eigenvalue weighted by Crippen LogP contribution is -2.52. The molecule has 6 rings (SSSR count). The number of benzene rings is 3. The molecule has 4 aromatic rings. The molecule has 1 aromatic heterocycles. The number of piperidine rings is 1. The van der Waals surface area contributed by atoms with Crippen LogP contribution in [0.3, 0.4) is 0 Å². The largest absolute Gasteiger partial charge is 0.368 e. The molecule has 0 radical (unpaired) electrons. The van der Waals surface area contributed by atoms with Gasteiger partial charge in [0.25, 0.3) is 0 Å². The Morgan fingerprint density at radius 2 is 1.62 bits per heavy atom. The number of carbonyl (C=O) groups excluding carboxylic acids is 1. The van der Waals surface area contributed by atoms with Crippen LogP contribution in [-0.4, -0.2) is 64.5 Å². The molecule has 3 heterocycles. The first-order chi connectivity index (χ1) is 19.1. The van der Waals surface area contributed by atoms with Gasteiger partial charge in [-0.2, -0.15) is 0 Å². The molecule has 2 fully saturated rings. The first-order valence-electron chi connectivity index (χ1n) is 14.2. The Hall–Kier alpha value is -3.71. The monoisotopic (exact) mass is 525 g/mol. The van der Waals surface area contributed by atoms with E-state index in [0.717, 1.165) is 81.1 Å². The number of anilines is 1. The van der Waals surface area contributed by atoms with Crippen molar-refractivity contribution in [3.63, 3.8) is 0 Å². The molecule has 1 atom stereocenters. The molecule has 2 saturated heterocycles. The molecule has 6 nitrogen and oxygen atoms in total. The lowest BCUT2D eigenvalue weighted by molar-refractivity contribution is -0.137. The predicted molar refractivity (Wildman–Crippen MR) is 154 cm³/mol. The predicted octanol–water partition coefficient (Wildman–Crippen LogP) is 5.29. The summed E-state index contributed by atoms with van der Waals surface area (Å²) in [6, 6.07) is 23.4. The van der Waals surface area contributed by atoms with Crippen LogP contribution in [0.1, 0.15) is 31.2 Å². The third kappa shape index (κ3) is 5.41. The number of hydrogen-bond donors (Lipinski definition) is 0. The number of para-hydroxylation sites is 2. The van der Waals surface area contributed by atoms with Gasteiger partial charge in [0, 0.05) is 44.1 Å². The van der Waals surface area contributed by atoms with Crippen LogP contribution in [0.2, 0.25) is 0 Å². The molecule has 0 bridgehead atoms. The highest BCUT2D eigenvalue weighted by molar-refractivity contribution is 5.80. The lowest BCUT2D eigenvalue weighted by Gasteiger charge is -2.39. The third-order valence-corrected chi connectivity index (χ3v) is 8.24. The van der Waals surface area contributed by atoms with Gasteiger partial charge in [-0.1, -0.05) is 31.2 Å². The maximum atomic E-state index is 13.7. The molecule has 2 aliphatic rings. The van der Waals surface area contributed by atoms with E-state index in [4.69, 9.17) is 4.98 Å². The maximum Gasteiger partial charge on any atom is 0.227 e. The number of piperazine rings is 1. The quantitative estimate of drug-likeness (QED) is 0.343. The fourth-order valence-corrected chi connectivity index (χ4v) is 6.05. The summed E-state index contributed by atoms with van der Waals surface area (Å²) in [6.07, 6.45) is 2.98. The Balaban J connectivity index is 1.12. The van der Waals surface area contributed by atoms with E-state index in [1.807, 2.05) is 18.2 Å². The number of hydrogen-bond acceptors (Lipinski definition) is 4. The Labute approximate surface area is 229 Å². The van der Waals surface area contributed by atoms with Gasteiger partial charge in [0.15, 0.2) is 0 Å². The minimum Gasteiger partial charge on any atom is -0.368 e. The van der Waals surface area contributed by atoms with Gasteiger partial charge in [-0.05, 0) is 79.9 Å². The summed E-state index contributed by atoms with van der Waals surface area (Å²) in [7, 11) is 0. The fourth-order valence-electron chi connectivity index (χ4n) is 6.05. The van der Waals surface area contributed by atoms with Crippen molar-refractivity contribution in [3.05, 3.63) is 90.0 Å². The van der Waals surface area contributed by atoms with Gasteiger partial charge in [-0.3, -0.25) is 14.3 Å². The number of fused-ring (bicyclic) bond motifs is 1. The number of rotatable bonds is 6. The molecule has 0 unspecified atom stereocenters. The molecule has 39 heavy (non-hydrogen) atoms. The van der Waals surface area contributed by atoms with Crippen molar-refractivity contribution >= 4 is 22.6 Å². The minimum atomic E-state index is -0.252. The number of nitrogens with zero attached hydrogens (tertiary/aromatic N) is 5. The van der Waals surface area contributed by atoms with E-state index in [1.54, 1.807) is 12.1 Å². The zero-order valence-electron chi connectivity index (χ0n) is 22.6. The number of halogens is 1. The number of carbonyl (C=O) groups is 1. The highest BCUT2D eigenvalue weighted by Crippen LogP contribution is 2.26. The van der Waals surface area contributed by atoms with Gasteiger partial charge in [0.1, 0.15) is 11.6 Å².